The first-order chi connectivity index (χ1) is 17.4. The van der Waals surface area contributed by atoms with Crippen molar-refractivity contribution >= 4 is 5.91 Å². The Balaban J connectivity index is 1.30. The molecule has 2 aliphatic carbocycles. The van der Waals surface area contributed by atoms with E-state index in [9.17, 15) is 14.3 Å². The summed E-state index contributed by atoms with van der Waals surface area (Å²) in [6.07, 6.45) is 8.24. The number of nitrogens with zero attached hydrogens (tertiary/aromatic N) is 2. The zero-order valence-electron chi connectivity index (χ0n) is 21.0. The van der Waals surface area contributed by atoms with Crippen LogP contribution in [0.2, 0.25) is 0 Å². The molecule has 3 aromatic rings. The second-order valence-corrected chi connectivity index (χ2v) is 10.3. The van der Waals surface area contributed by atoms with Gasteiger partial charge in [0, 0.05) is 23.9 Å². The number of amides is 1. The SMILES string of the molecule is CCCC(C[C@H]1CCC2=C1[C@@H](C)c1cnn(-c3ccc(F)cc3)c1C2)NC(=O)Cc1cccc(O)c1. The number of hydrogen-bond donors (Lipinski definition) is 2. The maximum atomic E-state index is 13.4. The lowest BCUT2D eigenvalue weighted by atomic mass is 9.78. The van der Waals surface area contributed by atoms with E-state index in [0.717, 1.165) is 49.8 Å². The number of phenolic OH excluding ortho intramolecular Hbond substituents is 1. The molecular weight excluding hydrogens is 453 g/mol. The summed E-state index contributed by atoms with van der Waals surface area (Å²) in [5.74, 6) is 0.688. The molecule has 0 saturated heterocycles. The first-order valence-electron chi connectivity index (χ1n) is 13.0. The Hall–Kier alpha value is -3.41. The minimum atomic E-state index is -0.243. The minimum absolute atomic E-state index is 0.00537. The van der Waals surface area contributed by atoms with Crippen LogP contribution in [0.4, 0.5) is 4.39 Å². The zero-order chi connectivity index (χ0) is 25.2. The van der Waals surface area contributed by atoms with Gasteiger partial charge in [-0.15, -0.1) is 0 Å². The number of phenols is 1. The molecule has 5 nitrogen and oxygen atoms in total. The van der Waals surface area contributed by atoms with Gasteiger partial charge in [0.05, 0.1) is 24.0 Å². The lowest BCUT2D eigenvalue weighted by Gasteiger charge is -2.29. The molecule has 0 radical (unpaired) electrons. The number of nitrogens with one attached hydrogen (secondary N) is 1. The predicted octanol–water partition coefficient (Wildman–Crippen LogP) is 6.00. The van der Waals surface area contributed by atoms with Crippen LogP contribution in [0.15, 0.2) is 65.9 Å². The number of carbonyl (C=O) groups is 1. The average Bonchev–Trinajstić information content (AvgIpc) is 3.45. The predicted molar refractivity (Wildman–Crippen MR) is 139 cm³/mol. The summed E-state index contributed by atoms with van der Waals surface area (Å²) in [6.45, 7) is 4.44. The Labute approximate surface area is 212 Å². The molecule has 0 aliphatic heterocycles. The molecule has 2 aromatic carbocycles. The number of aromatic nitrogens is 2. The molecule has 0 spiro atoms. The summed E-state index contributed by atoms with van der Waals surface area (Å²) < 4.78 is 15.4. The molecule has 0 saturated carbocycles. The van der Waals surface area contributed by atoms with Gasteiger partial charge in [-0.25, -0.2) is 9.07 Å². The first kappa shape index (κ1) is 24.3. The summed E-state index contributed by atoms with van der Waals surface area (Å²) in [5, 5.41) is 17.7. The highest BCUT2D eigenvalue weighted by Crippen LogP contribution is 2.48. The Bertz CT molecular complexity index is 1280. The minimum Gasteiger partial charge on any atom is -0.508 e. The van der Waals surface area contributed by atoms with E-state index in [2.05, 4.69) is 24.3 Å². The summed E-state index contributed by atoms with van der Waals surface area (Å²) >= 11 is 0. The fraction of sp³-hybridized carbons (Fsp3) is 0.400. The van der Waals surface area contributed by atoms with Crippen LogP contribution in [0.3, 0.4) is 0 Å². The van der Waals surface area contributed by atoms with Gasteiger partial charge in [0.1, 0.15) is 11.6 Å². The van der Waals surface area contributed by atoms with Crippen molar-refractivity contribution in [2.45, 2.75) is 70.8 Å². The van der Waals surface area contributed by atoms with E-state index in [1.54, 1.807) is 30.3 Å². The van der Waals surface area contributed by atoms with Crippen LogP contribution in [-0.4, -0.2) is 26.8 Å². The number of benzene rings is 2. The number of aromatic hydroxyl groups is 1. The van der Waals surface area contributed by atoms with Crippen LogP contribution in [0, 0.1) is 11.7 Å². The quantitative estimate of drug-likeness (QED) is 0.383. The van der Waals surface area contributed by atoms with Crippen molar-refractivity contribution < 1.29 is 14.3 Å². The molecule has 0 bridgehead atoms. The maximum Gasteiger partial charge on any atom is 0.224 e. The van der Waals surface area contributed by atoms with Crippen LogP contribution in [0.25, 0.3) is 5.69 Å². The van der Waals surface area contributed by atoms with Gasteiger partial charge in [0.15, 0.2) is 0 Å². The van der Waals surface area contributed by atoms with Gasteiger partial charge < -0.3 is 10.4 Å². The normalized spacial score (nSPS) is 19.6. The van der Waals surface area contributed by atoms with Crippen molar-refractivity contribution in [2.24, 2.45) is 5.92 Å². The third-order valence-corrected chi connectivity index (χ3v) is 7.78. The van der Waals surface area contributed by atoms with Crippen LogP contribution in [0.1, 0.15) is 68.7 Å². The van der Waals surface area contributed by atoms with Crippen molar-refractivity contribution in [3.63, 3.8) is 0 Å². The molecule has 2 aliphatic rings. The third-order valence-electron chi connectivity index (χ3n) is 7.78. The molecule has 6 heteroatoms. The maximum absolute atomic E-state index is 13.4. The standard InChI is InChI=1S/C30H34FN3O2/c1-3-5-24(33-29(36)15-20-6-4-7-26(35)14-20)16-21-8-9-22-17-28-27(19(2)30(21)22)18-32-34(28)25-12-10-23(31)11-13-25/h4,6-7,10-14,18-19,21,24,35H,3,5,8-9,15-17H2,1-2H3,(H,33,36)/t19-,21+,24?/m0/s1. The fourth-order valence-electron chi connectivity index (χ4n) is 6.20. The van der Waals surface area contributed by atoms with E-state index in [-0.39, 0.29) is 35.9 Å². The molecule has 1 unspecified atom stereocenters. The number of allylic oxidation sites excluding steroid dienone is 2. The lowest BCUT2D eigenvalue weighted by Crippen LogP contribution is -2.37. The van der Waals surface area contributed by atoms with Gasteiger partial charge in [0.2, 0.25) is 5.91 Å². The number of rotatable bonds is 8. The van der Waals surface area contributed by atoms with Gasteiger partial charge in [-0.1, -0.05) is 43.5 Å². The van der Waals surface area contributed by atoms with Crippen LogP contribution >= 0.6 is 0 Å². The molecule has 188 valence electrons. The van der Waals surface area contributed by atoms with Gasteiger partial charge in [-0.2, -0.15) is 5.10 Å². The topological polar surface area (TPSA) is 67.2 Å². The summed E-state index contributed by atoms with van der Waals surface area (Å²) in [6, 6.07) is 13.6. The van der Waals surface area contributed by atoms with Crippen molar-refractivity contribution in [1.82, 2.24) is 15.1 Å². The van der Waals surface area contributed by atoms with Crippen molar-refractivity contribution in [3.8, 4) is 11.4 Å². The molecular formula is C30H34FN3O2. The smallest absolute Gasteiger partial charge is 0.224 e. The van der Waals surface area contributed by atoms with Gasteiger partial charge >= 0.3 is 0 Å². The Morgan fingerprint density at radius 1 is 1.25 bits per heavy atom. The van der Waals surface area contributed by atoms with Crippen LogP contribution in [0.5, 0.6) is 5.75 Å². The van der Waals surface area contributed by atoms with Crippen LogP contribution < -0.4 is 5.32 Å². The van der Waals surface area contributed by atoms with Crippen molar-refractivity contribution in [1.29, 1.82) is 0 Å². The van der Waals surface area contributed by atoms with E-state index < -0.39 is 0 Å². The zero-order valence-corrected chi connectivity index (χ0v) is 21.0. The molecule has 2 N–H and O–H groups in total. The second-order valence-electron chi connectivity index (χ2n) is 10.3. The molecule has 1 heterocycles. The summed E-state index contributed by atoms with van der Waals surface area (Å²) in [4.78, 5) is 12.8. The molecule has 0 fully saturated rings. The highest BCUT2D eigenvalue weighted by atomic mass is 19.1. The highest BCUT2D eigenvalue weighted by molar-refractivity contribution is 5.79. The molecule has 1 aromatic heterocycles. The van der Waals surface area contributed by atoms with E-state index >= 15 is 0 Å². The number of hydrogen-bond acceptors (Lipinski definition) is 3. The van der Waals surface area contributed by atoms with E-state index in [4.69, 9.17) is 0 Å². The number of fused-ring (bicyclic) bond motifs is 1. The lowest BCUT2D eigenvalue weighted by molar-refractivity contribution is -0.121. The van der Waals surface area contributed by atoms with E-state index in [1.807, 2.05) is 16.9 Å². The third kappa shape index (κ3) is 4.95. The van der Waals surface area contributed by atoms with Crippen LogP contribution in [-0.2, 0) is 17.6 Å². The number of halogens is 1. The summed E-state index contributed by atoms with van der Waals surface area (Å²) in [7, 11) is 0. The van der Waals surface area contributed by atoms with E-state index in [1.165, 1.54) is 34.5 Å². The van der Waals surface area contributed by atoms with E-state index in [0.29, 0.717) is 5.92 Å². The molecule has 3 atom stereocenters. The number of carbonyl (C=O) groups excluding carboxylic acids is 1. The van der Waals surface area contributed by atoms with Gasteiger partial charge in [-0.05, 0) is 73.6 Å². The van der Waals surface area contributed by atoms with Gasteiger partial charge in [-0.3, -0.25) is 4.79 Å². The largest absolute Gasteiger partial charge is 0.508 e. The van der Waals surface area contributed by atoms with Gasteiger partial charge in [0.25, 0.3) is 0 Å². The molecule has 36 heavy (non-hydrogen) atoms. The monoisotopic (exact) mass is 487 g/mol. The average molecular weight is 488 g/mol. The Morgan fingerprint density at radius 3 is 2.81 bits per heavy atom. The molecule has 5 rings (SSSR count). The summed E-state index contributed by atoms with van der Waals surface area (Å²) in [5.41, 5.74) is 7.21. The van der Waals surface area contributed by atoms with Crippen molar-refractivity contribution in [2.75, 3.05) is 0 Å². The molecule has 1 amide bonds. The Kier molecular flexibility index (Phi) is 6.95. The second kappa shape index (κ2) is 10.3. The Morgan fingerprint density at radius 2 is 2.06 bits per heavy atom. The highest BCUT2D eigenvalue weighted by Gasteiger charge is 2.37. The fourth-order valence-corrected chi connectivity index (χ4v) is 6.20. The van der Waals surface area contributed by atoms with Crippen molar-refractivity contribution in [3.05, 3.63) is 88.5 Å². The first-order valence-corrected chi connectivity index (χ1v) is 13.0.